The maximum Gasteiger partial charge on any atom is 0.319 e. The van der Waals surface area contributed by atoms with Crippen molar-refractivity contribution >= 4 is 23.5 Å². The lowest BCUT2D eigenvalue weighted by atomic mass is 10.1. The molecule has 1 heterocycles. The Morgan fingerprint density at radius 1 is 0.971 bits per heavy atom. The molecular weight excluding hydrogens is 446 g/mol. The maximum atomic E-state index is 12.6. The van der Waals surface area contributed by atoms with Crippen LogP contribution in [0.15, 0.2) is 78.0 Å². The third-order valence-electron chi connectivity index (χ3n) is 5.37. The van der Waals surface area contributed by atoms with Gasteiger partial charge in [-0.15, -0.1) is 10.2 Å². The Kier molecular flexibility index (Phi) is 7.49. The molecule has 34 heavy (non-hydrogen) atoms. The zero-order valence-corrected chi connectivity index (χ0v) is 20.2. The van der Waals surface area contributed by atoms with Gasteiger partial charge in [0.1, 0.15) is 5.75 Å². The van der Waals surface area contributed by atoms with Gasteiger partial charge in [-0.1, -0.05) is 65.9 Å². The predicted octanol–water partition coefficient (Wildman–Crippen LogP) is 5.51. The fourth-order valence-electron chi connectivity index (χ4n) is 3.45. The van der Waals surface area contributed by atoms with E-state index in [2.05, 4.69) is 58.9 Å². The summed E-state index contributed by atoms with van der Waals surface area (Å²) in [5.74, 6) is 2.01. The van der Waals surface area contributed by atoms with Crippen LogP contribution in [-0.4, -0.2) is 27.9 Å². The number of carbonyl (C=O) groups is 1. The summed E-state index contributed by atoms with van der Waals surface area (Å²) >= 11 is 1.62. The number of nitrogens with zero attached hydrogens (tertiary/aromatic N) is 3. The summed E-state index contributed by atoms with van der Waals surface area (Å²) in [4.78, 5) is 12.6. The van der Waals surface area contributed by atoms with Crippen LogP contribution in [0.4, 0.5) is 10.5 Å². The molecule has 0 atom stereocenters. The number of urea groups is 1. The van der Waals surface area contributed by atoms with E-state index in [9.17, 15) is 4.79 Å². The van der Waals surface area contributed by atoms with Crippen molar-refractivity contribution in [1.29, 1.82) is 0 Å². The molecule has 0 saturated carbocycles. The van der Waals surface area contributed by atoms with Gasteiger partial charge in [0.25, 0.3) is 0 Å². The first-order chi connectivity index (χ1) is 16.5. The van der Waals surface area contributed by atoms with Crippen molar-refractivity contribution in [2.75, 3.05) is 12.4 Å². The minimum Gasteiger partial charge on any atom is -0.495 e. The van der Waals surface area contributed by atoms with E-state index in [1.54, 1.807) is 31.0 Å². The Morgan fingerprint density at radius 2 is 1.71 bits per heavy atom. The lowest BCUT2D eigenvalue weighted by Gasteiger charge is -2.13. The molecule has 7 nitrogen and oxygen atoms in total. The number of benzene rings is 3. The molecule has 0 spiro atoms. The van der Waals surface area contributed by atoms with Crippen molar-refractivity contribution in [2.45, 2.75) is 31.3 Å². The SMILES string of the molecule is COc1ccccc1NC(=O)NCc1nnc(SCc2ccccc2C)n1-c1ccc(C)cc1. The van der Waals surface area contributed by atoms with Crippen LogP contribution >= 0.6 is 11.8 Å². The van der Waals surface area contributed by atoms with E-state index < -0.39 is 0 Å². The van der Waals surface area contributed by atoms with E-state index in [0.717, 1.165) is 16.6 Å². The van der Waals surface area contributed by atoms with Crippen LogP contribution in [0.5, 0.6) is 5.75 Å². The fourth-order valence-corrected chi connectivity index (χ4v) is 4.50. The number of ether oxygens (including phenoxy) is 1. The van der Waals surface area contributed by atoms with E-state index in [-0.39, 0.29) is 12.6 Å². The van der Waals surface area contributed by atoms with E-state index in [0.29, 0.717) is 17.3 Å². The highest BCUT2D eigenvalue weighted by atomic mass is 32.2. The van der Waals surface area contributed by atoms with Gasteiger partial charge in [0.15, 0.2) is 11.0 Å². The molecule has 2 N–H and O–H groups in total. The Hall–Kier alpha value is -3.78. The van der Waals surface area contributed by atoms with E-state index in [4.69, 9.17) is 4.74 Å². The molecule has 8 heteroatoms. The van der Waals surface area contributed by atoms with Crippen LogP contribution < -0.4 is 15.4 Å². The average molecular weight is 474 g/mol. The van der Waals surface area contributed by atoms with Gasteiger partial charge < -0.3 is 15.4 Å². The second-order valence-electron chi connectivity index (χ2n) is 7.79. The number of aryl methyl sites for hydroxylation is 2. The minimum absolute atomic E-state index is 0.215. The van der Waals surface area contributed by atoms with Gasteiger partial charge in [-0.3, -0.25) is 4.57 Å². The van der Waals surface area contributed by atoms with Gasteiger partial charge in [0.2, 0.25) is 0 Å². The van der Waals surface area contributed by atoms with Crippen molar-refractivity contribution in [1.82, 2.24) is 20.1 Å². The Labute approximate surface area is 203 Å². The third kappa shape index (κ3) is 5.58. The summed E-state index contributed by atoms with van der Waals surface area (Å²) < 4.78 is 7.29. The number of carbonyl (C=O) groups excluding carboxylic acids is 1. The number of hydrogen-bond donors (Lipinski definition) is 2. The summed E-state index contributed by atoms with van der Waals surface area (Å²) in [6.07, 6.45) is 0. The van der Waals surface area contributed by atoms with Crippen LogP contribution in [0, 0.1) is 13.8 Å². The molecule has 0 aliphatic rings. The average Bonchev–Trinajstić information content (AvgIpc) is 3.26. The zero-order valence-electron chi connectivity index (χ0n) is 19.4. The highest BCUT2D eigenvalue weighted by molar-refractivity contribution is 7.98. The molecule has 4 aromatic rings. The first-order valence-corrected chi connectivity index (χ1v) is 11.9. The first kappa shape index (κ1) is 23.4. The van der Waals surface area contributed by atoms with Crippen molar-refractivity contribution in [3.05, 3.63) is 95.3 Å². The second kappa shape index (κ2) is 10.9. The number of anilines is 1. The van der Waals surface area contributed by atoms with Crippen molar-refractivity contribution in [2.24, 2.45) is 0 Å². The van der Waals surface area contributed by atoms with Crippen LogP contribution in [0.1, 0.15) is 22.5 Å². The molecular formula is C26H27N5O2S. The molecule has 0 aliphatic carbocycles. The normalized spacial score (nSPS) is 10.7. The minimum atomic E-state index is -0.350. The van der Waals surface area contributed by atoms with Gasteiger partial charge in [-0.25, -0.2) is 4.79 Å². The molecule has 4 rings (SSSR count). The topological polar surface area (TPSA) is 81.1 Å². The molecule has 3 aromatic carbocycles. The monoisotopic (exact) mass is 473 g/mol. The van der Waals surface area contributed by atoms with E-state index in [1.807, 2.05) is 41.0 Å². The number of aromatic nitrogens is 3. The third-order valence-corrected chi connectivity index (χ3v) is 6.35. The molecule has 2 amide bonds. The van der Waals surface area contributed by atoms with Gasteiger partial charge in [0, 0.05) is 11.4 Å². The first-order valence-electron chi connectivity index (χ1n) is 10.9. The van der Waals surface area contributed by atoms with Gasteiger partial charge in [-0.2, -0.15) is 0 Å². The maximum absolute atomic E-state index is 12.6. The number of nitrogens with one attached hydrogen (secondary N) is 2. The quantitative estimate of drug-likeness (QED) is 0.330. The van der Waals surface area contributed by atoms with Gasteiger partial charge >= 0.3 is 6.03 Å². The van der Waals surface area contributed by atoms with E-state index >= 15 is 0 Å². The predicted molar refractivity (Wildman–Crippen MR) is 136 cm³/mol. The van der Waals surface area contributed by atoms with Crippen molar-refractivity contribution in [3.8, 4) is 11.4 Å². The van der Waals surface area contributed by atoms with Crippen LogP contribution in [-0.2, 0) is 12.3 Å². The highest BCUT2D eigenvalue weighted by Gasteiger charge is 2.16. The van der Waals surface area contributed by atoms with Gasteiger partial charge in [-0.05, 0) is 49.2 Å². The molecule has 174 valence electrons. The number of rotatable bonds is 8. The fraction of sp³-hybridized carbons (Fsp3) is 0.192. The Morgan fingerprint density at radius 3 is 2.47 bits per heavy atom. The van der Waals surface area contributed by atoms with E-state index in [1.165, 1.54) is 16.7 Å². The number of thioether (sulfide) groups is 1. The largest absolute Gasteiger partial charge is 0.495 e. The summed E-state index contributed by atoms with van der Waals surface area (Å²) in [6.45, 7) is 4.37. The molecule has 1 aromatic heterocycles. The Balaban J connectivity index is 1.52. The summed E-state index contributed by atoms with van der Waals surface area (Å²) in [6, 6.07) is 23.4. The van der Waals surface area contributed by atoms with Crippen LogP contribution in [0.3, 0.4) is 0 Å². The standard InChI is InChI=1S/C26H27N5O2S/c1-18-12-14-21(15-13-18)31-24(16-27-25(32)28-22-10-6-7-11-23(22)33-3)29-30-26(31)34-17-20-9-5-4-8-19(20)2/h4-15H,16-17H2,1-3H3,(H2,27,28,32). The number of hydrogen-bond acceptors (Lipinski definition) is 5. The molecule has 0 saturated heterocycles. The molecule has 0 fully saturated rings. The lowest BCUT2D eigenvalue weighted by molar-refractivity contribution is 0.251. The highest BCUT2D eigenvalue weighted by Crippen LogP contribution is 2.27. The number of para-hydroxylation sites is 2. The molecule has 0 radical (unpaired) electrons. The molecule has 0 unspecified atom stereocenters. The number of amides is 2. The molecule has 0 bridgehead atoms. The summed E-state index contributed by atoms with van der Waals surface area (Å²) in [5.41, 5.74) is 5.21. The lowest BCUT2D eigenvalue weighted by Crippen LogP contribution is -2.29. The summed E-state index contributed by atoms with van der Waals surface area (Å²) in [7, 11) is 1.57. The van der Waals surface area contributed by atoms with Crippen molar-refractivity contribution in [3.63, 3.8) is 0 Å². The Bertz CT molecular complexity index is 1270. The smallest absolute Gasteiger partial charge is 0.319 e. The number of methoxy groups -OCH3 is 1. The van der Waals surface area contributed by atoms with Crippen LogP contribution in [0.25, 0.3) is 5.69 Å². The van der Waals surface area contributed by atoms with Gasteiger partial charge in [0.05, 0.1) is 19.3 Å². The molecule has 0 aliphatic heterocycles. The zero-order chi connectivity index (χ0) is 23.9. The second-order valence-corrected chi connectivity index (χ2v) is 8.74. The van der Waals surface area contributed by atoms with Crippen LogP contribution in [0.2, 0.25) is 0 Å². The summed E-state index contributed by atoms with van der Waals surface area (Å²) in [5, 5.41) is 15.3. The van der Waals surface area contributed by atoms with Crippen molar-refractivity contribution < 1.29 is 9.53 Å².